The fourth-order valence-corrected chi connectivity index (χ4v) is 2.07. The lowest BCUT2D eigenvalue weighted by molar-refractivity contribution is -0.107. The maximum atomic E-state index is 5.87. The topological polar surface area (TPSA) is 56.3 Å². The van der Waals surface area contributed by atoms with Crippen molar-refractivity contribution in [1.82, 2.24) is 15.5 Å². The van der Waals surface area contributed by atoms with Crippen molar-refractivity contribution >= 4 is 23.2 Å². The standard InChI is InChI=1S/C11H15Cl2N3O2/c1-11(2)6-14-4-7(18-11)5-17-8-3-9(12)15-16-10(8)13/h3,7,14H,4-6H2,1-2H3. The van der Waals surface area contributed by atoms with Crippen LogP contribution in [0.5, 0.6) is 5.75 Å². The number of hydrogen-bond acceptors (Lipinski definition) is 5. The summed E-state index contributed by atoms with van der Waals surface area (Å²) >= 11 is 11.6. The molecule has 1 unspecified atom stereocenters. The molecule has 1 aromatic heterocycles. The molecule has 5 nitrogen and oxygen atoms in total. The van der Waals surface area contributed by atoms with Gasteiger partial charge in [0.05, 0.1) is 5.60 Å². The Morgan fingerprint density at radius 2 is 2.28 bits per heavy atom. The molecule has 1 aliphatic heterocycles. The Balaban J connectivity index is 1.93. The van der Waals surface area contributed by atoms with E-state index in [9.17, 15) is 0 Å². The van der Waals surface area contributed by atoms with Gasteiger partial charge in [-0.25, -0.2) is 0 Å². The number of nitrogens with zero attached hydrogens (tertiary/aromatic N) is 2. The molecule has 0 aromatic carbocycles. The van der Waals surface area contributed by atoms with E-state index in [1.807, 2.05) is 13.8 Å². The Morgan fingerprint density at radius 1 is 1.50 bits per heavy atom. The minimum Gasteiger partial charge on any atom is -0.487 e. The molecule has 2 heterocycles. The largest absolute Gasteiger partial charge is 0.487 e. The van der Waals surface area contributed by atoms with Crippen LogP contribution in [-0.4, -0.2) is 41.6 Å². The lowest BCUT2D eigenvalue weighted by atomic mass is 10.1. The third kappa shape index (κ3) is 3.68. The molecule has 0 spiro atoms. The van der Waals surface area contributed by atoms with Crippen LogP contribution in [0.1, 0.15) is 13.8 Å². The molecular formula is C11H15Cl2N3O2. The second kappa shape index (κ2) is 5.57. The minimum atomic E-state index is -0.190. The average Bonchev–Trinajstić information content (AvgIpc) is 2.29. The second-order valence-corrected chi connectivity index (χ2v) is 5.51. The van der Waals surface area contributed by atoms with Gasteiger partial charge in [-0.2, -0.15) is 0 Å². The van der Waals surface area contributed by atoms with E-state index in [4.69, 9.17) is 32.7 Å². The molecule has 1 aromatic rings. The molecule has 18 heavy (non-hydrogen) atoms. The predicted octanol–water partition coefficient (Wildman–Crippen LogP) is 1.93. The van der Waals surface area contributed by atoms with Crippen molar-refractivity contribution in [3.8, 4) is 5.75 Å². The normalized spacial score (nSPS) is 22.8. The van der Waals surface area contributed by atoms with Crippen LogP contribution in [0, 0.1) is 0 Å². The third-order valence-electron chi connectivity index (χ3n) is 2.52. The SMILES string of the molecule is CC1(C)CNCC(COc2cc(Cl)nnc2Cl)O1. The first-order valence-corrected chi connectivity index (χ1v) is 6.42. The van der Waals surface area contributed by atoms with Crippen LogP contribution < -0.4 is 10.1 Å². The first kappa shape index (κ1) is 13.8. The number of ether oxygens (including phenoxy) is 2. The van der Waals surface area contributed by atoms with Gasteiger partial charge in [-0.1, -0.05) is 23.2 Å². The average molecular weight is 292 g/mol. The van der Waals surface area contributed by atoms with Crippen LogP contribution in [0.15, 0.2) is 6.07 Å². The Morgan fingerprint density at radius 3 is 3.00 bits per heavy atom. The van der Waals surface area contributed by atoms with Crippen molar-refractivity contribution < 1.29 is 9.47 Å². The Labute approximate surface area is 116 Å². The summed E-state index contributed by atoms with van der Waals surface area (Å²) in [6, 6.07) is 1.54. The molecule has 7 heteroatoms. The smallest absolute Gasteiger partial charge is 0.193 e. The number of nitrogens with one attached hydrogen (secondary N) is 1. The van der Waals surface area contributed by atoms with Gasteiger partial charge in [-0.3, -0.25) is 0 Å². The summed E-state index contributed by atoms with van der Waals surface area (Å²) in [6.07, 6.45) is -0.0308. The van der Waals surface area contributed by atoms with Crippen molar-refractivity contribution in [2.45, 2.75) is 25.6 Å². The Kier molecular flexibility index (Phi) is 4.27. The van der Waals surface area contributed by atoms with Crippen molar-refractivity contribution in [1.29, 1.82) is 0 Å². The van der Waals surface area contributed by atoms with E-state index < -0.39 is 0 Å². The van der Waals surface area contributed by atoms with Gasteiger partial charge in [0.15, 0.2) is 16.1 Å². The molecule has 1 atom stereocenters. The van der Waals surface area contributed by atoms with E-state index in [-0.39, 0.29) is 22.0 Å². The summed E-state index contributed by atoms with van der Waals surface area (Å²) in [6.45, 7) is 6.02. The van der Waals surface area contributed by atoms with Gasteiger partial charge in [0, 0.05) is 19.2 Å². The van der Waals surface area contributed by atoms with E-state index in [2.05, 4.69) is 15.5 Å². The van der Waals surface area contributed by atoms with Crippen LogP contribution in [0.3, 0.4) is 0 Å². The van der Waals surface area contributed by atoms with Crippen molar-refractivity contribution in [2.24, 2.45) is 0 Å². The molecule has 1 aliphatic rings. The van der Waals surface area contributed by atoms with Crippen molar-refractivity contribution in [3.05, 3.63) is 16.4 Å². The van der Waals surface area contributed by atoms with E-state index in [1.165, 1.54) is 6.07 Å². The van der Waals surface area contributed by atoms with Crippen molar-refractivity contribution in [2.75, 3.05) is 19.7 Å². The zero-order chi connectivity index (χ0) is 13.2. The summed E-state index contributed by atoms with van der Waals surface area (Å²) in [5.41, 5.74) is -0.190. The van der Waals surface area contributed by atoms with E-state index in [1.54, 1.807) is 0 Å². The molecule has 1 N–H and O–H groups in total. The number of rotatable bonds is 3. The van der Waals surface area contributed by atoms with Gasteiger partial charge < -0.3 is 14.8 Å². The van der Waals surface area contributed by atoms with E-state index in [0.717, 1.165) is 13.1 Å². The van der Waals surface area contributed by atoms with Gasteiger partial charge in [0.2, 0.25) is 0 Å². The molecule has 0 amide bonds. The molecular weight excluding hydrogens is 277 g/mol. The molecule has 2 rings (SSSR count). The highest BCUT2D eigenvalue weighted by Crippen LogP contribution is 2.24. The predicted molar refractivity (Wildman–Crippen MR) is 69.4 cm³/mol. The Bertz CT molecular complexity index is 429. The molecule has 1 saturated heterocycles. The van der Waals surface area contributed by atoms with Gasteiger partial charge in [-0.15, -0.1) is 10.2 Å². The van der Waals surface area contributed by atoms with Crippen LogP contribution in [0.2, 0.25) is 10.3 Å². The number of aromatic nitrogens is 2. The van der Waals surface area contributed by atoms with Crippen molar-refractivity contribution in [3.63, 3.8) is 0 Å². The first-order valence-electron chi connectivity index (χ1n) is 5.66. The van der Waals surface area contributed by atoms with Gasteiger partial charge in [0.25, 0.3) is 0 Å². The highest BCUT2D eigenvalue weighted by Gasteiger charge is 2.28. The summed E-state index contributed by atoms with van der Waals surface area (Å²) in [5.74, 6) is 0.420. The quantitative estimate of drug-likeness (QED) is 0.922. The van der Waals surface area contributed by atoms with Gasteiger partial charge >= 0.3 is 0 Å². The summed E-state index contributed by atoms with van der Waals surface area (Å²) < 4.78 is 11.4. The maximum absolute atomic E-state index is 5.87. The molecule has 0 aliphatic carbocycles. The number of morpholine rings is 1. The van der Waals surface area contributed by atoms with Crippen LogP contribution in [0.4, 0.5) is 0 Å². The maximum Gasteiger partial charge on any atom is 0.193 e. The number of hydrogen-bond donors (Lipinski definition) is 1. The molecule has 0 bridgehead atoms. The summed E-state index contributed by atoms with van der Waals surface area (Å²) in [4.78, 5) is 0. The van der Waals surface area contributed by atoms with Gasteiger partial charge in [-0.05, 0) is 13.8 Å². The minimum absolute atomic E-state index is 0.0308. The monoisotopic (exact) mass is 291 g/mol. The van der Waals surface area contributed by atoms with Gasteiger partial charge in [0.1, 0.15) is 12.7 Å². The van der Waals surface area contributed by atoms with Crippen LogP contribution in [-0.2, 0) is 4.74 Å². The zero-order valence-electron chi connectivity index (χ0n) is 10.2. The summed E-state index contributed by atoms with van der Waals surface area (Å²) in [7, 11) is 0. The molecule has 0 radical (unpaired) electrons. The first-order chi connectivity index (χ1) is 8.46. The highest BCUT2D eigenvalue weighted by molar-refractivity contribution is 6.32. The molecule has 1 fully saturated rings. The fourth-order valence-electron chi connectivity index (χ4n) is 1.78. The Hall–Kier alpha value is -0.620. The van der Waals surface area contributed by atoms with E-state index >= 15 is 0 Å². The fraction of sp³-hybridized carbons (Fsp3) is 0.636. The lowest BCUT2D eigenvalue weighted by Gasteiger charge is -2.36. The summed E-state index contributed by atoms with van der Waals surface area (Å²) in [5, 5.41) is 11.0. The highest BCUT2D eigenvalue weighted by atomic mass is 35.5. The third-order valence-corrected chi connectivity index (χ3v) is 2.97. The lowest BCUT2D eigenvalue weighted by Crippen LogP contribution is -2.52. The molecule has 0 saturated carbocycles. The number of halogens is 2. The van der Waals surface area contributed by atoms with Crippen LogP contribution in [0.25, 0.3) is 0 Å². The van der Waals surface area contributed by atoms with Crippen LogP contribution >= 0.6 is 23.2 Å². The zero-order valence-corrected chi connectivity index (χ0v) is 11.8. The molecule has 100 valence electrons. The van der Waals surface area contributed by atoms with E-state index in [0.29, 0.717) is 12.4 Å². The second-order valence-electron chi connectivity index (χ2n) is 4.76.